The standard InChI is InChI=1S/C15H15NO5/c1-20-12-7-6-10(8-13(12)21-2)9-16-11(15(18)19)4-3-5-14(16)17/h3-8H,9H2,1-2H3,(H,18,19). The number of rotatable bonds is 5. The highest BCUT2D eigenvalue weighted by Crippen LogP contribution is 2.27. The van der Waals surface area contributed by atoms with Gasteiger partial charge in [0.25, 0.3) is 5.56 Å². The Morgan fingerprint density at radius 3 is 2.48 bits per heavy atom. The van der Waals surface area contributed by atoms with Gasteiger partial charge in [-0.1, -0.05) is 12.1 Å². The van der Waals surface area contributed by atoms with E-state index in [0.717, 1.165) is 5.56 Å². The zero-order chi connectivity index (χ0) is 15.4. The molecule has 0 aliphatic heterocycles. The Morgan fingerprint density at radius 2 is 1.86 bits per heavy atom. The quantitative estimate of drug-likeness (QED) is 0.904. The van der Waals surface area contributed by atoms with Crippen molar-refractivity contribution in [1.29, 1.82) is 0 Å². The molecule has 21 heavy (non-hydrogen) atoms. The van der Waals surface area contributed by atoms with Gasteiger partial charge in [-0.25, -0.2) is 4.79 Å². The predicted octanol–water partition coefficient (Wildman–Crippen LogP) is 1.61. The van der Waals surface area contributed by atoms with E-state index in [1.54, 1.807) is 18.2 Å². The molecule has 0 aliphatic rings. The van der Waals surface area contributed by atoms with Gasteiger partial charge in [-0.15, -0.1) is 0 Å². The second kappa shape index (κ2) is 6.13. The van der Waals surface area contributed by atoms with Gasteiger partial charge in [-0.2, -0.15) is 0 Å². The number of nitrogens with zero attached hydrogens (tertiary/aromatic N) is 1. The van der Waals surface area contributed by atoms with Crippen LogP contribution in [-0.2, 0) is 6.54 Å². The van der Waals surface area contributed by atoms with Gasteiger partial charge in [-0.3, -0.25) is 9.36 Å². The van der Waals surface area contributed by atoms with Crippen molar-refractivity contribution in [2.75, 3.05) is 14.2 Å². The topological polar surface area (TPSA) is 77.8 Å². The molecule has 1 aromatic heterocycles. The van der Waals surface area contributed by atoms with E-state index >= 15 is 0 Å². The van der Waals surface area contributed by atoms with E-state index in [1.165, 1.54) is 37.0 Å². The Morgan fingerprint density at radius 1 is 1.14 bits per heavy atom. The Kier molecular flexibility index (Phi) is 4.27. The van der Waals surface area contributed by atoms with Crippen LogP contribution >= 0.6 is 0 Å². The third-order valence-electron chi connectivity index (χ3n) is 3.06. The predicted molar refractivity (Wildman–Crippen MR) is 76.3 cm³/mol. The summed E-state index contributed by atoms with van der Waals surface area (Å²) in [6, 6.07) is 9.33. The fraction of sp³-hybridized carbons (Fsp3) is 0.200. The molecule has 0 aliphatic carbocycles. The van der Waals surface area contributed by atoms with E-state index in [1.807, 2.05) is 0 Å². The van der Waals surface area contributed by atoms with Crippen LogP contribution in [0.1, 0.15) is 16.1 Å². The average molecular weight is 289 g/mol. The summed E-state index contributed by atoms with van der Waals surface area (Å²) >= 11 is 0. The minimum atomic E-state index is -1.15. The summed E-state index contributed by atoms with van der Waals surface area (Å²) in [5.41, 5.74) is 0.311. The lowest BCUT2D eigenvalue weighted by Crippen LogP contribution is -2.25. The summed E-state index contributed by atoms with van der Waals surface area (Å²) in [5, 5.41) is 9.15. The number of aromatic carboxylic acids is 1. The van der Waals surface area contributed by atoms with Gasteiger partial charge in [0, 0.05) is 6.07 Å². The van der Waals surface area contributed by atoms with E-state index in [2.05, 4.69) is 0 Å². The van der Waals surface area contributed by atoms with Crippen molar-refractivity contribution in [3.8, 4) is 11.5 Å². The first-order valence-corrected chi connectivity index (χ1v) is 6.21. The van der Waals surface area contributed by atoms with Crippen molar-refractivity contribution in [3.05, 3.63) is 58.0 Å². The summed E-state index contributed by atoms with van der Waals surface area (Å²) in [6.07, 6.45) is 0. The second-order valence-electron chi connectivity index (χ2n) is 4.33. The van der Waals surface area contributed by atoms with Crippen LogP contribution in [0.2, 0.25) is 0 Å². The minimum absolute atomic E-state index is 0.0581. The minimum Gasteiger partial charge on any atom is -0.493 e. The van der Waals surface area contributed by atoms with E-state index in [9.17, 15) is 9.59 Å². The van der Waals surface area contributed by atoms with Gasteiger partial charge in [0.05, 0.1) is 20.8 Å². The van der Waals surface area contributed by atoms with Crippen LogP contribution in [-0.4, -0.2) is 29.9 Å². The van der Waals surface area contributed by atoms with Crippen LogP contribution in [0.15, 0.2) is 41.2 Å². The fourth-order valence-electron chi connectivity index (χ4n) is 2.03. The van der Waals surface area contributed by atoms with Crippen molar-refractivity contribution in [3.63, 3.8) is 0 Å². The molecule has 2 aromatic rings. The van der Waals surface area contributed by atoms with Crippen molar-refractivity contribution >= 4 is 5.97 Å². The van der Waals surface area contributed by atoms with Crippen molar-refractivity contribution < 1.29 is 19.4 Å². The number of hydrogen-bond donors (Lipinski definition) is 1. The van der Waals surface area contributed by atoms with Crippen LogP contribution in [0.4, 0.5) is 0 Å². The first-order valence-electron chi connectivity index (χ1n) is 6.21. The van der Waals surface area contributed by atoms with E-state index < -0.39 is 5.97 Å². The molecule has 1 N–H and O–H groups in total. The summed E-state index contributed by atoms with van der Waals surface area (Å²) in [7, 11) is 3.04. The second-order valence-corrected chi connectivity index (χ2v) is 4.33. The highest BCUT2D eigenvalue weighted by Gasteiger charge is 2.12. The van der Waals surface area contributed by atoms with Crippen LogP contribution in [0.25, 0.3) is 0 Å². The molecule has 0 radical (unpaired) electrons. The molecule has 110 valence electrons. The van der Waals surface area contributed by atoms with Crippen LogP contribution in [0.3, 0.4) is 0 Å². The molecule has 0 bridgehead atoms. The normalized spacial score (nSPS) is 10.2. The molecule has 6 nitrogen and oxygen atoms in total. The Labute approximate surface area is 121 Å². The maximum atomic E-state index is 11.9. The molecule has 0 amide bonds. The van der Waals surface area contributed by atoms with Crippen molar-refractivity contribution in [1.82, 2.24) is 4.57 Å². The number of pyridine rings is 1. The fourth-order valence-corrected chi connectivity index (χ4v) is 2.03. The monoisotopic (exact) mass is 289 g/mol. The smallest absolute Gasteiger partial charge is 0.352 e. The summed E-state index contributed by atoms with van der Waals surface area (Å²) in [4.78, 5) is 23.1. The SMILES string of the molecule is COc1ccc(Cn2c(C(=O)O)cccc2=O)cc1OC. The van der Waals surface area contributed by atoms with Gasteiger partial charge in [0.1, 0.15) is 5.69 Å². The first-order chi connectivity index (χ1) is 10.1. The van der Waals surface area contributed by atoms with Gasteiger partial charge < -0.3 is 14.6 Å². The highest BCUT2D eigenvalue weighted by atomic mass is 16.5. The lowest BCUT2D eigenvalue weighted by Gasteiger charge is -2.12. The maximum absolute atomic E-state index is 11.9. The van der Waals surface area contributed by atoms with Gasteiger partial charge in [-0.05, 0) is 23.8 Å². The van der Waals surface area contributed by atoms with E-state index in [4.69, 9.17) is 14.6 Å². The summed E-state index contributed by atoms with van der Waals surface area (Å²) in [6.45, 7) is 0.141. The number of carboxylic acids is 1. The number of carbonyl (C=O) groups is 1. The average Bonchev–Trinajstić information content (AvgIpc) is 2.48. The van der Waals surface area contributed by atoms with Crippen molar-refractivity contribution in [2.45, 2.75) is 6.54 Å². The van der Waals surface area contributed by atoms with Gasteiger partial charge in [0.15, 0.2) is 11.5 Å². The molecule has 0 saturated carbocycles. The number of aromatic nitrogens is 1. The van der Waals surface area contributed by atoms with Crippen LogP contribution in [0, 0.1) is 0 Å². The van der Waals surface area contributed by atoms with E-state index in [0.29, 0.717) is 11.5 Å². The molecule has 0 unspecified atom stereocenters. The Hall–Kier alpha value is -2.76. The number of carboxylic acid groups (broad SMARTS) is 1. The summed E-state index contributed by atoms with van der Waals surface area (Å²) < 4.78 is 11.5. The number of benzene rings is 1. The van der Waals surface area contributed by atoms with Gasteiger partial charge >= 0.3 is 5.97 Å². The summed E-state index contributed by atoms with van der Waals surface area (Å²) in [5.74, 6) is -0.0517. The van der Waals surface area contributed by atoms with Crippen molar-refractivity contribution in [2.24, 2.45) is 0 Å². The van der Waals surface area contributed by atoms with E-state index in [-0.39, 0.29) is 17.8 Å². The lowest BCUT2D eigenvalue weighted by molar-refractivity contribution is 0.0684. The molecule has 0 saturated heterocycles. The Balaban J connectivity index is 2.43. The largest absolute Gasteiger partial charge is 0.493 e. The number of methoxy groups -OCH3 is 2. The van der Waals surface area contributed by atoms with Gasteiger partial charge in [0.2, 0.25) is 0 Å². The third-order valence-corrected chi connectivity index (χ3v) is 3.06. The molecule has 0 fully saturated rings. The molecule has 1 heterocycles. The molecule has 6 heteroatoms. The molecule has 0 atom stereocenters. The zero-order valence-electron chi connectivity index (χ0n) is 11.7. The molecular formula is C15H15NO5. The molecule has 2 rings (SSSR count). The van der Waals surface area contributed by atoms with Crippen LogP contribution < -0.4 is 15.0 Å². The molecule has 1 aromatic carbocycles. The number of hydrogen-bond acceptors (Lipinski definition) is 4. The van der Waals surface area contributed by atoms with Crippen LogP contribution in [0.5, 0.6) is 11.5 Å². The zero-order valence-corrected chi connectivity index (χ0v) is 11.7. The number of ether oxygens (including phenoxy) is 2. The highest BCUT2D eigenvalue weighted by molar-refractivity contribution is 5.85. The third kappa shape index (κ3) is 3.05. The lowest BCUT2D eigenvalue weighted by atomic mass is 10.2. The Bertz CT molecular complexity index is 720. The maximum Gasteiger partial charge on any atom is 0.352 e. The first kappa shape index (κ1) is 14.6. The molecule has 0 spiro atoms. The molecular weight excluding hydrogens is 274 g/mol.